The summed E-state index contributed by atoms with van der Waals surface area (Å²) in [5.74, 6) is 0.463. The molecule has 0 spiro atoms. The number of carbonyl (C=O) groups is 2. The van der Waals surface area contributed by atoms with Crippen molar-refractivity contribution in [3.8, 4) is 0 Å². The SMILES string of the molecule is CCOCc1nc2c(N)nc3cc(CCCN4CCN(CCOCCOCCN5C(=O)C=CC5=O)CC4)ccc3c2n1CC(C)(CO)CO. The Kier molecular flexibility index (Phi) is 13.1. The van der Waals surface area contributed by atoms with E-state index in [2.05, 4.69) is 28.0 Å². The summed E-state index contributed by atoms with van der Waals surface area (Å²) in [6.45, 7) is 12.7. The monoisotopic (exact) mass is 681 g/mol. The molecule has 0 saturated carbocycles. The number of fused-ring (bicyclic) bond motifs is 3. The van der Waals surface area contributed by atoms with Crippen LogP contribution in [-0.4, -0.2) is 143 Å². The van der Waals surface area contributed by atoms with E-state index in [0.29, 0.717) is 63.3 Å². The van der Waals surface area contributed by atoms with Gasteiger partial charge in [-0.15, -0.1) is 0 Å². The number of piperazine rings is 1. The molecule has 0 radical (unpaired) electrons. The second kappa shape index (κ2) is 17.4. The molecule has 2 amide bonds. The summed E-state index contributed by atoms with van der Waals surface area (Å²) in [7, 11) is 0. The highest BCUT2D eigenvalue weighted by atomic mass is 16.5. The van der Waals surface area contributed by atoms with Gasteiger partial charge in [0.1, 0.15) is 17.9 Å². The Balaban J connectivity index is 1.05. The van der Waals surface area contributed by atoms with Gasteiger partial charge in [0.15, 0.2) is 5.82 Å². The fraction of sp³-hybridized carbons (Fsp3) is 0.600. The minimum atomic E-state index is -0.741. The van der Waals surface area contributed by atoms with E-state index < -0.39 is 5.41 Å². The number of pyridine rings is 1. The van der Waals surface area contributed by atoms with Crippen LogP contribution in [0.15, 0.2) is 30.4 Å². The number of hydrogen-bond acceptors (Lipinski definition) is 12. The lowest BCUT2D eigenvalue weighted by Crippen LogP contribution is -2.47. The second-order valence-corrected chi connectivity index (χ2v) is 13.1. The quantitative estimate of drug-likeness (QED) is 0.115. The molecule has 0 aliphatic carbocycles. The van der Waals surface area contributed by atoms with Gasteiger partial charge in [-0.05, 0) is 37.9 Å². The number of nitrogens with two attached hydrogens (primary N) is 1. The first-order chi connectivity index (χ1) is 23.7. The third-order valence-corrected chi connectivity index (χ3v) is 9.27. The lowest BCUT2D eigenvalue weighted by molar-refractivity contribution is -0.137. The predicted molar refractivity (Wildman–Crippen MR) is 186 cm³/mol. The number of imidazole rings is 1. The topological polar surface area (TPSA) is 169 Å². The zero-order chi connectivity index (χ0) is 34.8. The van der Waals surface area contributed by atoms with E-state index in [9.17, 15) is 19.8 Å². The number of imide groups is 1. The molecule has 2 aliphatic heterocycles. The molecule has 2 aromatic heterocycles. The van der Waals surface area contributed by atoms with Crippen LogP contribution in [0.5, 0.6) is 0 Å². The largest absolute Gasteiger partial charge is 0.396 e. The van der Waals surface area contributed by atoms with Gasteiger partial charge in [-0.25, -0.2) is 9.97 Å². The van der Waals surface area contributed by atoms with Crippen LogP contribution in [0.3, 0.4) is 0 Å². The molecule has 14 heteroatoms. The minimum Gasteiger partial charge on any atom is -0.396 e. The van der Waals surface area contributed by atoms with Gasteiger partial charge in [0, 0.05) is 68.8 Å². The number of nitrogens with zero attached hydrogens (tertiary/aromatic N) is 6. The second-order valence-electron chi connectivity index (χ2n) is 13.1. The third kappa shape index (κ3) is 9.39. The third-order valence-electron chi connectivity index (χ3n) is 9.27. The molecule has 0 bridgehead atoms. The number of anilines is 1. The van der Waals surface area contributed by atoms with E-state index in [1.165, 1.54) is 22.6 Å². The van der Waals surface area contributed by atoms with E-state index in [0.717, 1.165) is 68.5 Å². The molecule has 49 heavy (non-hydrogen) atoms. The van der Waals surface area contributed by atoms with Gasteiger partial charge in [-0.1, -0.05) is 19.1 Å². The van der Waals surface area contributed by atoms with Gasteiger partial charge < -0.3 is 39.6 Å². The number of aryl methyl sites for hydroxylation is 1. The van der Waals surface area contributed by atoms with Crippen molar-refractivity contribution in [2.45, 2.75) is 39.8 Å². The molecule has 5 rings (SSSR count). The van der Waals surface area contributed by atoms with Gasteiger partial charge >= 0.3 is 0 Å². The Labute approximate surface area is 287 Å². The molecular formula is C35H51N7O7. The molecule has 14 nitrogen and oxygen atoms in total. The summed E-state index contributed by atoms with van der Waals surface area (Å²) < 4.78 is 18.9. The molecule has 3 aromatic rings. The highest BCUT2D eigenvalue weighted by molar-refractivity contribution is 6.12. The average molecular weight is 682 g/mol. The summed E-state index contributed by atoms with van der Waals surface area (Å²) in [6.07, 6.45) is 4.51. The Morgan fingerprint density at radius 1 is 0.878 bits per heavy atom. The van der Waals surface area contributed by atoms with Crippen LogP contribution in [0.25, 0.3) is 21.9 Å². The van der Waals surface area contributed by atoms with Crippen LogP contribution in [0.1, 0.15) is 31.7 Å². The lowest BCUT2D eigenvalue weighted by Gasteiger charge is -2.34. The fourth-order valence-corrected chi connectivity index (χ4v) is 6.23. The molecular weight excluding hydrogens is 630 g/mol. The molecule has 2 aliphatic rings. The van der Waals surface area contributed by atoms with Crippen LogP contribution >= 0.6 is 0 Å². The van der Waals surface area contributed by atoms with Crippen molar-refractivity contribution in [1.82, 2.24) is 29.2 Å². The van der Waals surface area contributed by atoms with Gasteiger partial charge in [0.25, 0.3) is 11.8 Å². The van der Waals surface area contributed by atoms with Gasteiger partial charge in [0.05, 0.1) is 57.2 Å². The summed E-state index contributed by atoms with van der Waals surface area (Å²) in [6, 6.07) is 6.34. The number of ether oxygens (including phenoxy) is 3. The summed E-state index contributed by atoms with van der Waals surface area (Å²) >= 11 is 0. The number of carbonyl (C=O) groups excluding carboxylic acids is 2. The van der Waals surface area contributed by atoms with Crippen LogP contribution < -0.4 is 5.73 Å². The first-order valence-electron chi connectivity index (χ1n) is 17.3. The maximum atomic E-state index is 11.5. The molecule has 0 unspecified atom stereocenters. The van der Waals surface area contributed by atoms with Crippen molar-refractivity contribution in [3.63, 3.8) is 0 Å². The highest BCUT2D eigenvalue weighted by Crippen LogP contribution is 2.32. The van der Waals surface area contributed by atoms with Crippen molar-refractivity contribution in [2.75, 3.05) is 97.8 Å². The number of rotatable bonds is 20. The Morgan fingerprint density at radius 2 is 1.53 bits per heavy atom. The van der Waals surface area contributed by atoms with Gasteiger partial charge in [-0.2, -0.15) is 0 Å². The number of nitrogen functional groups attached to an aromatic ring is 1. The van der Waals surface area contributed by atoms with Crippen LogP contribution in [-0.2, 0) is 43.4 Å². The Bertz CT molecular complexity index is 1580. The predicted octanol–water partition coefficient (Wildman–Crippen LogP) is 1.20. The summed E-state index contributed by atoms with van der Waals surface area (Å²) in [4.78, 5) is 38.7. The van der Waals surface area contributed by atoms with E-state index in [1.807, 2.05) is 18.4 Å². The smallest absolute Gasteiger partial charge is 0.253 e. The maximum absolute atomic E-state index is 11.5. The summed E-state index contributed by atoms with van der Waals surface area (Å²) in [5, 5.41) is 21.0. The maximum Gasteiger partial charge on any atom is 0.253 e. The van der Waals surface area contributed by atoms with Crippen LogP contribution in [0.4, 0.5) is 5.82 Å². The van der Waals surface area contributed by atoms with Crippen molar-refractivity contribution < 1.29 is 34.0 Å². The molecule has 268 valence electrons. The van der Waals surface area contributed by atoms with Crippen molar-refractivity contribution in [2.24, 2.45) is 5.41 Å². The molecule has 1 fully saturated rings. The molecule has 4 N–H and O–H groups in total. The Morgan fingerprint density at radius 3 is 2.18 bits per heavy atom. The summed E-state index contributed by atoms with van der Waals surface area (Å²) in [5.41, 5.74) is 9.15. The highest BCUT2D eigenvalue weighted by Gasteiger charge is 2.28. The van der Waals surface area contributed by atoms with E-state index in [4.69, 9.17) is 29.9 Å². The molecule has 0 atom stereocenters. The van der Waals surface area contributed by atoms with Crippen molar-refractivity contribution in [3.05, 3.63) is 41.7 Å². The zero-order valence-electron chi connectivity index (χ0n) is 28.8. The van der Waals surface area contributed by atoms with Crippen molar-refractivity contribution >= 4 is 39.6 Å². The zero-order valence-corrected chi connectivity index (χ0v) is 28.8. The normalized spacial score (nSPS) is 16.3. The van der Waals surface area contributed by atoms with Crippen LogP contribution in [0.2, 0.25) is 0 Å². The first kappa shape index (κ1) is 36.8. The van der Waals surface area contributed by atoms with E-state index in [-0.39, 0.29) is 31.6 Å². The van der Waals surface area contributed by atoms with E-state index in [1.54, 1.807) is 0 Å². The first-order valence-corrected chi connectivity index (χ1v) is 17.3. The van der Waals surface area contributed by atoms with Crippen molar-refractivity contribution in [1.29, 1.82) is 0 Å². The van der Waals surface area contributed by atoms with Gasteiger partial charge in [-0.3, -0.25) is 19.4 Å². The number of aliphatic hydroxyl groups excluding tert-OH is 2. The number of aromatic nitrogens is 3. The average Bonchev–Trinajstić information content (AvgIpc) is 3.63. The number of benzene rings is 1. The van der Waals surface area contributed by atoms with E-state index >= 15 is 0 Å². The number of amides is 2. The lowest BCUT2D eigenvalue weighted by atomic mass is 9.92. The molecule has 1 saturated heterocycles. The molecule has 4 heterocycles. The number of aliphatic hydroxyl groups is 2. The Hall–Kier alpha value is -3.50. The molecule has 1 aromatic carbocycles. The standard InChI is InChI=1S/C35H51N7O7/c1-3-47-22-29-38-32-33(42(29)23-35(2,24-43)25-44)27-7-6-26(21-28(27)37-34(32)36)5-4-10-39-11-13-40(14-12-39)15-17-48-19-20-49-18-16-41-30(45)8-9-31(41)46/h6-9,21,43-44H,3-5,10-20,22-25H2,1-2H3,(H2,36,37). The van der Waals surface area contributed by atoms with Crippen LogP contribution in [0, 0.1) is 5.41 Å². The number of hydrogen-bond donors (Lipinski definition) is 3. The minimum absolute atomic E-state index is 0.171. The van der Waals surface area contributed by atoms with Gasteiger partial charge in [0.2, 0.25) is 0 Å². The fourth-order valence-electron chi connectivity index (χ4n) is 6.23.